The molecule has 0 aliphatic carbocycles. The largest absolute Gasteiger partial charge is 0.481 e. The van der Waals surface area contributed by atoms with E-state index in [2.05, 4.69) is 10.3 Å². The number of hydrogen-bond acceptors (Lipinski definition) is 5. The molecule has 124 valence electrons. The van der Waals surface area contributed by atoms with Gasteiger partial charge in [0.25, 0.3) is 0 Å². The van der Waals surface area contributed by atoms with E-state index in [1.54, 1.807) is 13.0 Å². The highest BCUT2D eigenvalue weighted by Crippen LogP contribution is 2.31. The van der Waals surface area contributed by atoms with Crippen LogP contribution in [-0.4, -0.2) is 22.0 Å². The molecule has 0 bridgehead atoms. The average molecular weight is 347 g/mol. The predicted octanol–water partition coefficient (Wildman–Crippen LogP) is 3.26. The Kier molecular flexibility index (Phi) is 5.60. The molecule has 1 heterocycles. The minimum atomic E-state index is -0.968. The maximum Gasteiger partial charge on any atom is 0.303 e. The number of rotatable bonds is 6. The van der Waals surface area contributed by atoms with E-state index in [0.717, 1.165) is 11.3 Å². The number of amides is 1. The lowest BCUT2D eigenvalue weighted by atomic mass is 10.1. The molecular weight excluding hydrogens is 333 g/mol. The first kappa shape index (κ1) is 17.6. The van der Waals surface area contributed by atoms with Crippen LogP contribution in [0, 0.1) is 23.1 Å². The van der Waals surface area contributed by atoms with Crippen LogP contribution in [0.15, 0.2) is 24.3 Å². The van der Waals surface area contributed by atoms with Crippen LogP contribution in [0.5, 0.6) is 0 Å². The molecule has 2 N–H and O–H groups in total. The van der Waals surface area contributed by atoms with Gasteiger partial charge in [0.15, 0.2) is 5.13 Å². The number of thiazole rings is 1. The maximum atomic E-state index is 13.3. The number of anilines is 1. The van der Waals surface area contributed by atoms with Crippen LogP contribution in [0.4, 0.5) is 9.52 Å². The van der Waals surface area contributed by atoms with E-state index in [0.29, 0.717) is 11.3 Å². The van der Waals surface area contributed by atoms with E-state index < -0.39 is 17.7 Å². The summed E-state index contributed by atoms with van der Waals surface area (Å²) in [6.45, 7) is 1.62. The minimum absolute atomic E-state index is 0.107. The number of benzene rings is 1. The molecule has 0 saturated heterocycles. The van der Waals surface area contributed by atoms with Gasteiger partial charge in [-0.15, -0.1) is 0 Å². The maximum absolute atomic E-state index is 13.3. The fourth-order valence-corrected chi connectivity index (χ4v) is 2.77. The lowest BCUT2D eigenvalue weighted by molar-refractivity contribution is -0.137. The van der Waals surface area contributed by atoms with Crippen LogP contribution >= 0.6 is 11.3 Å². The molecule has 2 aromatic rings. The normalized spacial score (nSPS) is 11.5. The second-order valence-electron chi connectivity index (χ2n) is 5.14. The van der Waals surface area contributed by atoms with E-state index in [4.69, 9.17) is 5.11 Å². The van der Waals surface area contributed by atoms with Gasteiger partial charge in [0.05, 0.1) is 0 Å². The highest BCUT2D eigenvalue weighted by atomic mass is 32.1. The highest BCUT2D eigenvalue weighted by Gasteiger charge is 2.19. The van der Waals surface area contributed by atoms with Gasteiger partial charge < -0.3 is 10.4 Å². The predicted molar refractivity (Wildman–Crippen MR) is 86.9 cm³/mol. The van der Waals surface area contributed by atoms with E-state index >= 15 is 0 Å². The molecule has 24 heavy (non-hydrogen) atoms. The lowest BCUT2D eigenvalue weighted by Gasteiger charge is -2.08. The van der Waals surface area contributed by atoms with Crippen molar-refractivity contribution in [3.05, 3.63) is 35.0 Å². The van der Waals surface area contributed by atoms with Crippen molar-refractivity contribution in [2.24, 2.45) is 5.92 Å². The molecule has 6 nitrogen and oxygen atoms in total. The standard InChI is InChI=1S/C16H14FN3O3S/c1-9(5-6-13(21)22)15(23)20-16-19-14(12(8-18)24-16)10-3-2-4-11(17)7-10/h2-4,7,9H,5-6H2,1H3,(H,21,22)(H,19,20,23). The number of carbonyl (C=O) groups is 2. The fourth-order valence-electron chi connectivity index (χ4n) is 1.98. The number of nitrogens with zero attached hydrogens (tertiary/aromatic N) is 2. The molecule has 0 aliphatic rings. The summed E-state index contributed by atoms with van der Waals surface area (Å²) in [5.41, 5.74) is 0.748. The first-order chi connectivity index (χ1) is 11.4. The number of halogens is 1. The summed E-state index contributed by atoms with van der Waals surface area (Å²) in [7, 11) is 0. The van der Waals surface area contributed by atoms with E-state index in [1.807, 2.05) is 6.07 Å². The number of nitriles is 1. The topological polar surface area (TPSA) is 103 Å². The second-order valence-corrected chi connectivity index (χ2v) is 6.14. The van der Waals surface area contributed by atoms with Gasteiger partial charge in [-0.25, -0.2) is 9.37 Å². The van der Waals surface area contributed by atoms with Crippen LogP contribution in [0.25, 0.3) is 11.3 Å². The number of aliphatic carboxylic acids is 1. The summed E-state index contributed by atoms with van der Waals surface area (Å²) in [5, 5.41) is 20.6. The smallest absolute Gasteiger partial charge is 0.303 e. The van der Waals surface area contributed by atoms with Crippen molar-refractivity contribution in [2.45, 2.75) is 19.8 Å². The number of aromatic nitrogens is 1. The van der Waals surface area contributed by atoms with Gasteiger partial charge in [-0.3, -0.25) is 9.59 Å². The monoisotopic (exact) mass is 347 g/mol. The number of nitrogens with one attached hydrogen (secondary N) is 1. The van der Waals surface area contributed by atoms with Crippen molar-refractivity contribution < 1.29 is 19.1 Å². The molecule has 1 aromatic carbocycles. The Morgan fingerprint density at radius 1 is 1.50 bits per heavy atom. The van der Waals surface area contributed by atoms with Crippen LogP contribution < -0.4 is 5.32 Å². The zero-order chi connectivity index (χ0) is 17.7. The molecule has 1 aromatic heterocycles. The van der Waals surface area contributed by atoms with Crippen LogP contribution in [0.1, 0.15) is 24.6 Å². The molecule has 1 unspecified atom stereocenters. The summed E-state index contributed by atoms with van der Waals surface area (Å²) < 4.78 is 13.3. The van der Waals surface area contributed by atoms with Gasteiger partial charge in [-0.1, -0.05) is 30.4 Å². The SMILES string of the molecule is CC(CCC(=O)O)C(=O)Nc1nc(-c2cccc(F)c2)c(C#N)s1. The van der Waals surface area contributed by atoms with Gasteiger partial charge in [-0.05, 0) is 18.6 Å². The van der Waals surface area contributed by atoms with Crippen molar-refractivity contribution in [3.8, 4) is 17.3 Å². The van der Waals surface area contributed by atoms with Gasteiger partial charge >= 0.3 is 5.97 Å². The lowest BCUT2D eigenvalue weighted by Crippen LogP contribution is -2.21. The molecule has 1 atom stereocenters. The molecule has 1 amide bonds. The van der Waals surface area contributed by atoms with Gasteiger partial charge in [-0.2, -0.15) is 5.26 Å². The first-order valence-corrected chi connectivity index (χ1v) is 7.92. The Morgan fingerprint density at radius 2 is 2.25 bits per heavy atom. The zero-order valence-electron chi connectivity index (χ0n) is 12.7. The Hall–Kier alpha value is -2.79. The number of carbonyl (C=O) groups excluding carboxylic acids is 1. The van der Waals surface area contributed by atoms with E-state index in [-0.39, 0.29) is 28.8 Å². The van der Waals surface area contributed by atoms with Gasteiger partial charge in [0.1, 0.15) is 22.5 Å². The van der Waals surface area contributed by atoms with E-state index in [1.165, 1.54) is 18.2 Å². The third-order valence-corrected chi connectivity index (χ3v) is 4.17. The van der Waals surface area contributed by atoms with Crippen molar-refractivity contribution in [3.63, 3.8) is 0 Å². The summed E-state index contributed by atoms with van der Waals surface area (Å²) in [5.74, 6) is -2.30. The molecule has 0 aliphatic heterocycles. The van der Waals surface area contributed by atoms with Crippen LogP contribution in [0.2, 0.25) is 0 Å². The summed E-state index contributed by atoms with van der Waals surface area (Å²) in [4.78, 5) is 27.0. The van der Waals surface area contributed by atoms with Crippen LogP contribution in [-0.2, 0) is 9.59 Å². The highest BCUT2D eigenvalue weighted by molar-refractivity contribution is 7.16. The quantitative estimate of drug-likeness (QED) is 0.835. The molecule has 0 fully saturated rings. The Balaban J connectivity index is 2.17. The number of carboxylic acids is 1. The van der Waals surface area contributed by atoms with Crippen LogP contribution in [0.3, 0.4) is 0 Å². The molecule has 8 heteroatoms. The molecule has 0 radical (unpaired) electrons. The Labute approximate surface area is 141 Å². The van der Waals surface area contributed by atoms with Gasteiger partial charge in [0.2, 0.25) is 5.91 Å². The Bertz CT molecular complexity index is 813. The molecular formula is C16H14FN3O3S. The van der Waals surface area contributed by atoms with Crippen molar-refractivity contribution in [1.82, 2.24) is 4.98 Å². The van der Waals surface area contributed by atoms with E-state index in [9.17, 15) is 19.2 Å². The van der Waals surface area contributed by atoms with Gasteiger partial charge in [0, 0.05) is 17.9 Å². The molecule has 0 spiro atoms. The van der Waals surface area contributed by atoms with Crippen molar-refractivity contribution in [2.75, 3.05) is 5.32 Å². The fraction of sp³-hybridized carbons (Fsp3) is 0.250. The summed E-state index contributed by atoms with van der Waals surface area (Å²) in [6, 6.07) is 7.66. The number of hydrogen-bond donors (Lipinski definition) is 2. The summed E-state index contributed by atoms with van der Waals surface area (Å²) in [6.07, 6.45) is 0.0961. The van der Waals surface area contributed by atoms with Crippen molar-refractivity contribution in [1.29, 1.82) is 5.26 Å². The number of carboxylic acid groups (broad SMARTS) is 1. The molecule has 0 saturated carbocycles. The second kappa shape index (κ2) is 7.66. The molecule has 2 rings (SSSR count). The Morgan fingerprint density at radius 3 is 2.88 bits per heavy atom. The average Bonchev–Trinajstić information content (AvgIpc) is 2.95. The summed E-state index contributed by atoms with van der Waals surface area (Å²) >= 11 is 0.987. The zero-order valence-corrected chi connectivity index (χ0v) is 13.6. The third-order valence-electron chi connectivity index (χ3n) is 3.30. The third kappa shape index (κ3) is 4.36. The van der Waals surface area contributed by atoms with Crippen molar-refractivity contribution >= 4 is 28.3 Å². The first-order valence-electron chi connectivity index (χ1n) is 7.10. The minimum Gasteiger partial charge on any atom is -0.481 e.